The van der Waals surface area contributed by atoms with Gasteiger partial charge in [0.2, 0.25) is 0 Å². The van der Waals surface area contributed by atoms with E-state index in [1.807, 2.05) is 6.07 Å². The zero-order valence-corrected chi connectivity index (χ0v) is 10.8. The van der Waals surface area contributed by atoms with Crippen LogP contribution in [0.4, 0.5) is 24.5 Å². The van der Waals surface area contributed by atoms with Gasteiger partial charge in [-0.25, -0.2) is 0 Å². The van der Waals surface area contributed by atoms with Gasteiger partial charge in [0.15, 0.2) is 0 Å². The van der Waals surface area contributed by atoms with Crippen molar-refractivity contribution in [2.45, 2.75) is 18.8 Å². The second-order valence-corrected chi connectivity index (χ2v) is 4.41. The monoisotopic (exact) mass is 295 g/mol. The molecule has 1 aliphatic carbocycles. The lowest BCUT2D eigenvalue weighted by Crippen LogP contribution is -2.20. The first kappa shape index (κ1) is 14.8. The zero-order valence-electron chi connectivity index (χ0n) is 10.8. The van der Waals surface area contributed by atoms with Crippen LogP contribution >= 0.6 is 0 Å². The highest BCUT2D eigenvalue weighted by Gasteiger charge is 2.32. The van der Waals surface area contributed by atoms with Crippen LogP contribution in [0.1, 0.15) is 12.0 Å². The molecule has 7 heteroatoms. The lowest BCUT2D eigenvalue weighted by atomic mass is 10.1. The molecule has 4 nitrogen and oxygen atoms in total. The van der Waals surface area contributed by atoms with Crippen LogP contribution in [-0.4, -0.2) is 12.4 Å². The van der Waals surface area contributed by atoms with E-state index in [-0.39, 0.29) is 11.8 Å². The summed E-state index contributed by atoms with van der Waals surface area (Å²) < 4.78 is 40.0. The van der Waals surface area contributed by atoms with Crippen LogP contribution in [0.3, 0.4) is 0 Å². The number of ether oxygens (including phenoxy) is 1. The number of halogens is 3. The molecule has 0 bridgehead atoms. The van der Waals surface area contributed by atoms with Crippen molar-refractivity contribution < 1.29 is 17.9 Å². The molecule has 0 aliphatic heterocycles. The van der Waals surface area contributed by atoms with Crippen LogP contribution in [0.15, 0.2) is 42.2 Å². The molecule has 0 aromatic heterocycles. The number of allylic oxidation sites excluding steroid dienone is 1. The minimum Gasteiger partial charge on any atom is -0.406 e. The van der Waals surface area contributed by atoms with E-state index in [1.54, 1.807) is 18.2 Å². The Labute approximate surface area is 119 Å². The number of nitrogen functional groups attached to an aromatic ring is 1. The van der Waals surface area contributed by atoms with Crippen molar-refractivity contribution in [1.29, 1.82) is 5.26 Å². The molecule has 1 atom stereocenters. The Kier molecular flexibility index (Phi) is 4.08. The average molecular weight is 295 g/mol. The number of nitriles is 1. The SMILES string of the molecule is N#Cc1ccc(NC2C=CC(OC(F)(F)F)=CC2)c(N)c1. The van der Waals surface area contributed by atoms with Gasteiger partial charge in [0.05, 0.1) is 23.0 Å². The largest absolute Gasteiger partial charge is 0.573 e. The van der Waals surface area contributed by atoms with E-state index in [9.17, 15) is 13.2 Å². The van der Waals surface area contributed by atoms with Crippen LogP contribution in [0.5, 0.6) is 0 Å². The predicted octanol–water partition coefficient (Wildman–Crippen LogP) is 3.30. The highest BCUT2D eigenvalue weighted by Crippen LogP contribution is 2.26. The molecule has 2 rings (SSSR count). The fourth-order valence-electron chi connectivity index (χ4n) is 1.88. The quantitative estimate of drug-likeness (QED) is 0.839. The van der Waals surface area contributed by atoms with Gasteiger partial charge < -0.3 is 15.8 Å². The molecule has 0 heterocycles. The summed E-state index contributed by atoms with van der Waals surface area (Å²) in [5, 5.41) is 11.8. The molecule has 0 fully saturated rings. The number of benzene rings is 1. The summed E-state index contributed by atoms with van der Waals surface area (Å²) in [5.74, 6) is -0.228. The van der Waals surface area contributed by atoms with Gasteiger partial charge >= 0.3 is 6.36 Å². The lowest BCUT2D eigenvalue weighted by molar-refractivity contribution is -0.303. The number of rotatable bonds is 3. The fourth-order valence-corrected chi connectivity index (χ4v) is 1.88. The van der Waals surface area contributed by atoms with Crippen molar-refractivity contribution in [1.82, 2.24) is 0 Å². The summed E-state index contributed by atoms with van der Waals surface area (Å²) >= 11 is 0. The number of nitrogens with one attached hydrogen (secondary N) is 1. The van der Waals surface area contributed by atoms with Crippen LogP contribution in [0.2, 0.25) is 0 Å². The minimum absolute atomic E-state index is 0.194. The minimum atomic E-state index is -4.69. The first-order chi connectivity index (χ1) is 9.87. The van der Waals surface area contributed by atoms with E-state index in [2.05, 4.69) is 10.1 Å². The van der Waals surface area contributed by atoms with E-state index >= 15 is 0 Å². The third-order valence-electron chi connectivity index (χ3n) is 2.82. The van der Waals surface area contributed by atoms with Gasteiger partial charge in [-0.05, 0) is 36.8 Å². The Morgan fingerprint density at radius 3 is 2.67 bits per heavy atom. The summed E-state index contributed by atoms with van der Waals surface area (Å²) in [6.45, 7) is 0. The summed E-state index contributed by atoms with van der Waals surface area (Å²) in [4.78, 5) is 0. The molecule has 0 saturated carbocycles. The van der Waals surface area contributed by atoms with Crippen molar-refractivity contribution in [3.05, 3.63) is 47.7 Å². The zero-order chi connectivity index (χ0) is 15.5. The van der Waals surface area contributed by atoms with Crippen molar-refractivity contribution >= 4 is 11.4 Å². The van der Waals surface area contributed by atoms with Gasteiger partial charge in [-0.15, -0.1) is 13.2 Å². The highest BCUT2D eigenvalue weighted by atomic mass is 19.4. The molecular formula is C14H12F3N3O. The summed E-state index contributed by atoms with van der Waals surface area (Å²) in [7, 11) is 0. The van der Waals surface area contributed by atoms with Gasteiger partial charge in [0.25, 0.3) is 0 Å². The fraction of sp³-hybridized carbons (Fsp3) is 0.214. The molecule has 3 N–H and O–H groups in total. The van der Waals surface area contributed by atoms with E-state index in [1.165, 1.54) is 18.2 Å². The molecular weight excluding hydrogens is 283 g/mol. The van der Waals surface area contributed by atoms with E-state index in [4.69, 9.17) is 11.0 Å². The second-order valence-electron chi connectivity index (χ2n) is 4.41. The Morgan fingerprint density at radius 2 is 2.14 bits per heavy atom. The summed E-state index contributed by atoms with van der Waals surface area (Å²) in [5.41, 5.74) is 7.27. The Balaban J connectivity index is 1.98. The highest BCUT2D eigenvalue weighted by molar-refractivity contribution is 5.68. The molecule has 1 aromatic carbocycles. The number of alkyl halides is 3. The normalized spacial score (nSPS) is 17.8. The Morgan fingerprint density at radius 1 is 1.38 bits per heavy atom. The standard InChI is InChI=1S/C14H12F3N3O/c15-14(16,17)21-11-4-2-10(3-5-11)20-13-6-1-9(8-18)7-12(13)19/h1-2,4-7,10,20H,3,19H2. The van der Waals surface area contributed by atoms with E-state index in [0.29, 0.717) is 23.4 Å². The smallest absolute Gasteiger partial charge is 0.406 e. The summed E-state index contributed by atoms with van der Waals surface area (Å²) in [6, 6.07) is 6.58. The number of hydrogen-bond acceptors (Lipinski definition) is 4. The topological polar surface area (TPSA) is 71.1 Å². The third-order valence-corrected chi connectivity index (χ3v) is 2.82. The molecule has 0 spiro atoms. The van der Waals surface area contributed by atoms with Gasteiger partial charge in [-0.1, -0.05) is 6.08 Å². The van der Waals surface area contributed by atoms with E-state index < -0.39 is 6.36 Å². The van der Waals surface area contributed by atoms with Gasteiger partial charge in [0.1, 0.15) is 5.76 Å². The van der Waals surface area contributed by atoms with Crippen LogP contribution < -0.4 is 11.1 Å². The predicted molar refractivity (Wildman–Crippen MR) is 72.0 cm³/mol. The van der Waals surface area contributed by atoms with Crippen molar-refractivity contribution in [2.24, 2.45) is 0 Å². The first-order valence-corrected chi connectivity index (χ1v) is 6.07. The van der Waals surface area contributed by atoms with Crippen molar-refractivity contribution in [2.75, 3.05) is 11.1 Å². The first-order valence-electron chi connectivity index (χ1n) is 6.07. The molecule has 110 valence electrons. The van der Waals surface area contributed by atoms with Gasteiger partial charge in [-0.3, -0.25) is 0 Å². The molecule has 21 heavy (non-hydrogen) atoms. The van der Waals surface area contributed by atoms with E-state index in [0.717, 1.165) is 0 Å². The molecule has 1 aromatic rings. The van der Waals surface area contributed by atoms with Crippen LogP contribution in [0, 0.1) is 11.3 Å². The summed E-state index contributed by atoms with van der Waals surface area (Å²) in [6.07, 6.45) is -0.173. The maximum absolute atomic E-state index is 12.1. The molecule has 1 unspecified atom stereocenters. The maximum Gasteiger partial charge on any atom is 0.573 e. The Hall–Kier alpha value is -2.62. The molecule has 0 radical (unpaired) electrons. The number of anilines is 2. The molecule has 0 amide bonds. The third kappa shape index (κ3) is 4.18. The Bertz CT molecular complexity index is 629. The van der Waals surface area contributed by atoms with Crippen molar-refractivity contribution in [3.63, 3.8) is 0 Å². The maximum atomic E-state index is 12.1. The number of hydrogen-bond donors (Lipinski definition) is 2. The second kappa shape index (κ2) is 5.79. The average Bonchev–Trinajstić information content (AvgIpc) is 2.41. The molecule has 1 aliphatic rings. The lowest BCUT2D eigenvalue weighted by Gasteiger charge is -2.20. The number of nitrogens with zero attached hydrogens (tertiary/aromatic N) is 1. The van der Waals surface area contributed by atoms with Crippen LogP contribution in [0.25, 0.3) is 0 Å². The van der Waals surface area contributed by atoms with Crippen molar-refractivity contribution in [3.8, 4) is 6.07 Å². The van der Waals surface area contributed by atoms with Crippen LogP contribution in [-0.2, 0) is 4.74 Å². The van der Waals surface area contributed by atoms with Gasteiger partial charge in [0, 0.05) is 6.04 Å². The van der Waals surface area contributed by atoms with Gasteiger partial charge in [-0.2, -0.15) is 5.26 Å². The molecule has 0 saturated heterocycles. The number of nitrogens with two attached hydrogens (primary N) is 1.